The second-order valence-corrected chi connectivity index (χ2v) is 6.49. The van der Waals surface area contributed by atoms with Gasteiger partial charge in [0.25, 0.3) is 0 Å². The van der Waals surface area contributed by atoms with Crippen LogP contribution in [0.3, 0.4) is 0 Å². The van der Waals surface area contributed by atoms with Crippen molar-refractivity contribution < 1.29 is 32.2 Å². The summed E-state index contributed by atoms with van der Waals surface area (Å²) in [5.74, 6) is -1.16. The fourth-order valence-electron chi connectivity index (χ4n) is 3.11. The summed E-state index contributed by atoms with van der Waals surface area (Å²) < 4.78 is 52.3. The van der Waals surface area contributed by atoms with Gasteiger partial charge in [-0.3, -0.25) is 0 Å². The van der Waals surface area contributed by atoms with Gasteiger partial charge in [-0.1, -0.05) is 6.92 Å². The summed E-state index contributed by atoms with van der Waals surface area (Å²) in [5.41, 5.74) is 0. The number of hydrogen-bond donors (Lipinski definition) is 0. The highest BCUT2D eigenvalue weighted by atomic mass is 19.4. The second-order valence-electron chi connectivity index (χ2n) is 6.49. The van der Waals surface area contributed by atoms with E-state index in [1.807, 2.05) is 0 Å². The molecule has 0 atom stereocenters. The third-order valence-corrected chi connectivity index (χ3v) is 4.72. The summed E-state index contributed by atoms with van der Waals surface area (Å²) in [6, 6.07) is 0. The second kappa shape index (κ2) is 8.33. The highest BCUT2D eigenvalue weighted by Crippen LogP contribution is 2.32. The van der Waals surface area contributed by atoms with E-state index in [0.29, 0.717) is 24.7 Å². The number of carbonyl (C=O) groups is 1. The van der Waals surface area contributed by atoms with E-state index in [4.69, 9.17) is 9.47 Å². The number of halogens is 3. The summed E-state index contributed by atoms with van der Waals surface area (Å²) in [6.45, 7) is 3.59. The molecule has 0 amide bonds. The molecular weight excluding hydrogens is 313 g/mol. The lowest BCUT2D eigenvalue weighted by atomic mass is 9.84. The third-order valence-electron chi connectivity index (χ3n) is 4.72. The molecule has 0 aromatic heterocycles. The molecule has 23 heavy (non-hydrogen) atoms. The van der Waals surface area contributed by atoms with Crippen LogP contribution < -0.4 is 0 Å². The normalized spacial score (nSPS) is 32.5. The Labute approximate surface area is 134 Å². The van der Waals surface area contributed by atoms with Crippen LogP contribution in [0.2, 0.25) is 0 Å². The van der Waals surface area contributed by atoms with Gasteiger partial charge < -0.3 is 14.2 Å². The highest BCUT2D eigenvalue weighted by molar-refractivity contribution is 5.75. The molecule has 2 rings (SSSR count). The molecule has 2 aliphatic rings. The third kappa shape index (κ3) is 5.95. The number of esters is 1. The van der Waals surface area contributed by atoms with E-state index < -0.39 is 18.2 Å². The van der Waals surface area contributed by atoms with Crippen LogP contribution in [0.1, 0.15) is 51.9 Å². The Bertz CT molecular complexity index is 370. The quantitative estimate of drug-likeness (QED) is 0.715. The molecule has 1 aliphatic carbocycles. The van der Waals surface area contributed by atoms with Gasteiger partial charge in [0.1, 0.15) is 6.10 Å². The van der Waals surface area contributed by atoms with Gasteiger partial charge >= 0.3 is 12.1 Å². The Morgan fingerprint density at radius 3 is 2.17 bits per heavy atom. The topological polar surface area (TPSA) is 44.8 Å². The van der Waals surface area contributed by atoms with Crippen molar-refractivity contribution >= 4 is 5.97 Å². The van der Waals surface area contributed by atoms with E-state index in [-0.39, 0.29) is 6.29 Å². The number of alkyl halides is 3. The van der Waals surface area contributed by atoms with Crippen LogP contribution >= 0.6 is 0 Å². The number of hydrogen-bond acceptors (Lipinski definition) is 4. The first-order chi connectivity index (χ1) is 10.9. The minimum Gasteiger partial charge on any atom is -0.456 e. The fourth-order valence-corrected chi connectivity index (χ4v) is 3.11. The van der Waals surface area contributed by atoms with Crippen molar-refractivity contribution in [1.29, 1.82) is 0 Å². The van der Waals surface area contributed by atoms with Gasteiger partial charge in [0.05, 0.1) is 13.2 Å². The monoisotopic (exact) mass is 338 g/mol. The van der Waals surface area contributed by atoms with Crippen molar-refractivity contribution in [3.05, 3.63) is 0 Å². The van der Waals surface area contributed by atoms with Gasteiger partial charge in [-0.15, -0.1) is 0 Å². The summed E-state index contributed by atoms with van der Waals surface area (Å²) >= 11 is 0. The lowest BCUT2D eigenvalue weighted by molar-refractivity contribution is -0.207. The maximum atomic E-state index is 12.2. The van der Waals surface area contributed by atoms with Crippen molar-refractivity contribution in [3.63, 3.8) is 0 Å². The highest BCUT2D eigenvalue weighted by Gasteiger charge is 2.42. The van der Waals surface area contributed by atoms with Gasteiger partial charge in [-0.25, -0.2) is 4.79 Å². The zero-order valence-corrected chi connectivity index (χ0v) is 13.4. The standard InChI is InChI=1S/C16H25F3O4/c1-2-11-9-21-14(22-10-11)8-5-12-3-6-13(7-4-12)23-15(20)16(17,18)19/h11-14H,2-10H2,1H3. The maximum absolute atomic E-state index is 12.2. The van der Waals surface area contributed by atoms with Crippen molar-refractivity contribution in [2.24, 2.45) is 11.8 Å². The minimum absolute atomic E-state index is 0.154. The van der Waals surface area contributed by atoms with E-state index in [9.17, 15) is 18.0 Å². The first kappa shape index (κ1) is 18.5. The molecule has 0 unspecified atom stereocenters. The van der Waals surface area contributed by atoms with E-state index in [0.717, 1.165) is 45.3 Å². The van der Waals surface area contributed by atoms with Crippen molar-refractivity contribution in [2.45, 2.75) is 70.4 Å². The van der Waals surface area contributed by atoms with E-state index in [2.05, 4.69) is 11.7 Å². The zero-order chi connectivity index (χ0) is 16.9. The van der Waals surface area contributed by atoms with Crippen LogP contribution in [-0.4, -0.2) is 37.8 Å². The largest absolute Gasteiger partial charge is 0.490 e. The molecule has 1 aliphatic heterocycles. The Morgan fingerprint density at radius 2 is 1.65 bits per heavy atom. The molecule has 0 radical (unpaired) electrons. The van der Waals surface area contributed by atoms with Gasteiger partial charge in [0.15, 0.2) is 6.29 Å². The Kier molecular flexibility index (Phi) is 6.71. The minimum atomic E-state index is -4.90. The summed E-state index contributed by atoms with van der Waals surface area (Å²) in [4.78, 5) is 10.8. The molecule has 0 bridgehead atoms. The summed E-state index contributed by atoms with van der Waals surface area (Å²) in [5, 5.41) is 0. The van der Waals surface area contributed by atoms with E-state index >= 15 is 0 Å². The Morgan fingerprint density at radius 1 is 1.04 bits per heavy atom. The molecule has 0 aromatic carbocycles. The SMILES string of the molecule is CCC1COC(CCC2CCC(OC(=O)C(F)(F)F)CC2)OC1. The van der Waals surface area contributed by atoms with Crippen LogP contribution in [0, 0.1) is 11.8 Å². The fraction of sp³-hybridized carbons (Fsp3) is 0.938. The first-order valence-electron chi connectivity index (χ1n) is 8.39. The van der Waals surface area contributed by atoms with Gasteiger partial charge in [0, 0.05) is 5.92 Å². The molecule has 4 nitrogen and oxygen atoms in total. The molecule has 0 aromatic rings. The number of carbonyl (C=O) groups excluding carboxylic acids is 1. The summed E-state index contributed by atoms with van der Waals surface area (Å²) in [7, 11) is 0. The van der Waals surface area contributed by atoms with Crippen molar-refractivity contribution in [3.8, 4) is 0 Å². The van der Waals surface area contributed by atoms with Crippen LogP contribution in [0.5, 0.6) is 0 Å². The average Bonchev–Trinajstić information content (AvgIpc) is 2.54. The van der Waals surface area contributed by atoms with Crippen LogP contribution in [-0.2, 0) is 19.0 Å². The van der Waals surface area contributed by atoms with Crippen molar-refractivity contribution in [1.82, 2.24) is 0 Å². The molecule has 134 valence electrons. The first-order valence-corrected chi connectivity index (χ1v) is 8.39. The maximum Gasteiger partial charge on any atom is 0.490 e. The molecule has 0 spiro atoms. The van der Waals surface area contributed by atoms with Gasteiger partial charge in [-0.05, 0) is 50.9 Å². The Balaban J connectivity index is 1.61. The van der Waals surface area contributed by atoms with Gasteiger partial charge in [0.2, 0.25) is 0 Å². The smallest absolute Gasteiger partial charge is 0.456 e. The van der Waals surface area contributed by atoms with Crippen molar-refractivity contribution in [2.75, 3.05) is 13.2 Å². The lowest BCUT2D eigenvalue weighted by Crippen LogP contribution is -2.33. The molecule has 2 fully saturated rings. The predicted molar refractivity (Wildman–Crippen MR) is 76.6 cm³/mol. The predicted octanol–water partition coefficient (Wildman–Crippen LogP) is 3.83. The van der Waals surface area contributed by atoms with Crippen LogP contribution in [0.4, 0.5) is 13.2 Å². The van der Waals surface area contributed by atoms with Gasteiger partial charge in [-0.2, -0.15) is 13.2 Å². The Hall–Kier alpha value is -0.820. The molecule has 7 heteroatoms. The molecule has 1 saturated carbocycles. The van der Waals surface area contributed by atoms with E-state index in [1.165, 1.54) is 0 Å². The zero-order valence-electron chi connectivity index (χ0n) is 13.4. The molecule has 1 heterocycles. The van der Waals surface area contributed by atoms with E-state index in [1.54, 1.807) is 0 Å². The summed E-state index contributed by atoms with van der Waals surface area (Å²) in [6.07, 6.45) is -0.314. The van der Waals surface area contributed by atoms with Crippen LogP contribution in [0.25, 0.3) is 0 Å². The number of ether oxygens (including phenoxy) is 3. The molecular formula is C16H25F3O4. The molecule has 0 N–H and O–H groups in total. The average molecular weight is 338 g/mol. The lowest BCUT2D eigenvalue weighted by Gasteiger charge is -2.32. The number of rotatable bonds is 5. The molecule has 1 saturated heterocycles. The van der Waals surface area contributed by atoms with Crippen LogP contribution in [0.15, 0.2) is 0 Å².